The number of morpholine rings is 1. The van der Waals surface area contributed by atoms with Crippen LogP contribution in [0.25, 0.3) is 16.9 Å². The van der Waals surface area contributed by atoms with Gasteiger partial charge in [-0.3, -0.25) is 9.69 Å². The first-order valence-corrected chi connectivity index (χ1v) is 12.6. The van der Waals surface area contributed by atoms with Gasteiger partial charge in [0, 0.05) is 36.8 Å². The molecule has 1 fully saturated rings. The Balaban J connectivity index is 1.42. The molecule has 188 valence electrons. The summed E-state index contributed by atoms with van der Waals surface area (Å²) >= 11 is 0. The van der Waals surface area contributed by atoms with Crippen LogP contribution >= 0.6 is 0 Å². The number of amides is 1. The van der Waals surface area contributed by atoms with Crippen LogP contribution in [-0.4, -0.2) is 64.2 Å². The number of rotatable bonds is 6. The molecule has 0 aliphatic carbocycles. The molecule has 1 amide bonds. The number of aryl methyl sites for hydroxylation is 1. The van der Waals surface area contributed by atoms with Crippen molar-refractivity contribution in [3.8, 4) is 16.9 Å². The zero-order valence-electron chi connectivity index (χ0n) is 20.8. The number of furan rings is 1. The maximum atomic E-state index is 13.7. The number of nitrogens with zero attached hydrogens (tertiary/aromatic N) is 5. The summed E-state index contributed by atoms with van der Waals surface area (Å²) in [5.41, 5.74) is 5.67. The maximum absolute atomic E-state index is 13.7. The van der Waals surface area contributed by atoms with Gasteiger partial charge in [-0.25, -0.2) is 9.69 Å². The lowest BCUT2D eigenvalue weighted by Gasteiger charge is -2.29. The molecule has 2 aromatic heterocycles. The summed E-state index contributed by atoms with van der Waals surface area (Å²) in [6, 6.07) is 21.8. The van der Waals surface area contributed by atoms with Gasteiger partial charge in [0.2, 0.25) is 0 Å². The summed E-state index contributed by atoms with van der Waals surface area (Å²) in [6.45, 7) is 5.11. The average Bonchev–Trinajstić information content (AvgIpc) is 3.69. The summed E-state index contributed by atoms with van der Waals surface area (Å²) in [5, 5.41) is 11.4. The fourth-order valence-corrected chi connectivity index (χ4v) is 4.96. The molecular weight excluding hydrogens is 466 g/mol. The molecule has 2 aliphatic heterocycles. The number of hydrazone groups is 1. The van der Waals surface area contributed by atoms with Crippen LogP contribution < -0.4 is 0 Å². The van der Waals surface area contributed by atoms with E-state index in [1.54, 1.807) is 11.3 Å². The van der Waals surface area contributed by atoms with Crippen molar-refractivity contribution >= 4 is 11.6 Å². The molecule has 4 heterocycles. The van der Waals surface area contributed by atoms with Gasteiger partial charge in [-0.05, 0) is 37.3 Å². The molecule has 0 saturated carbocycles. The van der Waals surface area contributed by atoms with Crippen LogP contribution in [0.15, 0.2) is 88.7 Å². The van der Waals surface area contributed by atoms with Gasteiger partial charge in [-0.15, -0.1) is 0 Å². The Morgan fingerprint density at radius 1 is 1.03 bits per heavy atom. The smallest absolute Gasteiger partial charge is 0.257 e. The van der Waals surface area contributed by atoms with Crippen molar-refractivity contribution < 1.29 is 13.9 Å². The lowest BCUT2D eigenvalue weighted by atomic mass is 9.97. The van der Waals surface area contributed by atoms with E-state index in [4.69, 9.17) is 19.4 Å². The fraction of sp³-hybridized carbons (Fsp3) is 0.276. The third kappa shape index (κ3) is 4.85. The number of hydrogen-bond acceptors (Lipinski definition) is 6. The van der Waals surface area contributed by atoms with Gasteiger partial charge < -0.3 is 9.15 Å². The van der Waals surface area contributed by atoms with Crippen LogP contribution in [0.1, 0.15) is 29.3 Å². The number of para-hydroxylation sites is 1. The van der Waals surface area contributed by atoms with Crippen LogP contribution in [0, 0.1) is 6.92 Å². The van der Waals surface area contributed by atoms with Crippen molar-refractivity contribution in [2.24, 2.45) is 5.10 Å². The van der Waals surface area contributed by atoms with E-state index in [1.165, 1.54) is 0 Å². The standard InChI is InChI=1S/C29H29N5O3/c1-21-7-5-8-22(17-21)29-24(19-33(31-29)23-9-3-2-4-10-23)26-18-25(27-11-6-14-37-27)30-34(26)28(35)20-32-12-15-36-16-13-32/h2-11,14,17,19,26H,12-13,15-16,18,20H2,1H3/t26-/m1/s1. The minimum absolute atomic E-state index is 0.0453. The lowest BCUT2D eigenvalue weighted by Crippen LogP contribution is -2.43. The maximum Gasteiger partial charge on any atom is 0.257 e. The number of carbonyl (C=O) groups excluding carboxylic acids is 1. The van der Waals surface area contributed by atoms with Gasteiger partial charge in [0.15, 0.2) is 0 Å². The first-order chi connectivity index (χ1) is 18.2. The van der Waals surface area contributed by atoms with Crippen LogP contribution in [-0.2, 0) is 9.53 Å². The van der Waals surface area contributed by atoms with Crippen molar-refractivity contribution in [1.29, 1.82) is 0 Å². The Morgan fingerprint density at radius 2 is 1.86 bits per heavy atom. The highest BCUT2D eigenvalue weighted by Gasteiger charge is 2.37. The molecule has 0 bridgehead atoms. The van der Waals surface area contributed by atoms with E-state index in [9.17, 15) is 4.79 Å². The van der Waals surface area contributed by atoms with Crippen molar-refractivity contribution in [2.75, 3.05) is 32.8 Å². The van der Waals surface area contributed by atoms with E-state index < -0.39 is 0 Å². The Bertz CT molecular complexity index is 1400. The predicted molar refractivity (Wildman–Crippen MR) is 140 cm³/mol. The highest BCUT2D eigenvalue weighted by Crippen LogP contribution is 2.38. The topological polar surface area (TPSA) is 76.1 Å². The summed E-state index contributed by atoms with van der Waals surface area (Å²) < 4.78 is 13.0. The molecule has 4 aromatic rings. The average molecular weight is 496 g/mol. The molecule has 2 aromatic carbocycles. The van der Waals surface area contributed by atoms with E-state index in [0.29, 0.717) is 31.9 Å². The van der Waals surface area contributed by atoms with Gasteiger partial charge in [-0.1, -0.05) is 42.0 Å². The molecule has 8 heteroatoms. The quantitative estimate of drug-likeness (QED) is 0.395. The Hall–Kier alpha value is -4.01. The van der Waals surface area contributed by atoms with Crippen molar-refractivity contribution in [2.45, 2.75) is 19.4 Å². The Kier molecular flexibility index (Phi) is 6.42. The number of ether oxygens (including phenoxy) is 1. The number of aromatic nitrogens is 2. The first-order valence-electron chi connectivity index (χ1n) is 12.6. The van der Waals surface area contributed by atoms with Gasteiger partial charge in [-0.2, -0.15) is 10.2 Å². The zero-order valence-corrected chi connectivity index (χ0v) is 20.8. The summed E-state index contributed by atoms with van der Waals surface area (Å²) in [5.74, 6) is 0.635. The number of carbonyl (C=O) groups is 1. The lowest BCUT2D eigenvalue weighted by molar-refractivity contribution is -0.135. The second-order valence-electron chi connectivity index (χ2n) is 9.45. The van der Waals surface area contributed by atoms with Crippen LogP contribution in [0.5, 0.6) is 0 Å². The Morgan fingerprint density at radius 3 is 2.62 bits per heavy atom. The molecule has 2 aliphatic rings. The van der Waals surface area contributed by atoms with Crippen LogP contribution in [0.2, 0.25) is 0 Å². The molecule has 0 unspecified atom stereocenters. The summed E-state index contributed by atoms with van der Waals surface area (Å²) in [7, 11) is 0. The molecule has 0 spiro atoms. The van der Waals surface area contributed by atoms with Crippen LogP contribution in [0.4, 0.5) is 0 Å². The SMILES string of the molecule is Cc1cccc(-c2nn(-c3ccccc3)cc2[C@H]2CC(c3ccco3)=NN2C(=O)CN2CCOCC2)c1. The van der Waals surface area contributed by atoms with Gasteiger partial charge in [0.25, 0.3) is 5.91 Å². The normalized spacial score (nSPS) is 18.2. The molecule has 0 radical (unpaired) electrons. The number of benzene rings is 2. The summed E-state index contributed by atoms with van der Waals surface area (Å²) in [4.78, 5) is 15.8. The van der Waals surface area contributed by atoms with E-state index in [-0.39, 0.29) is 11.9 Å². The Labute approximate surface area is 215 Å². The fourth-order valence-electron chi connectivity index (χ4n) is 4.96. The molecule has 1 saturated heterocycles. The molecule has 8 nitrogen and oxygen atoms in total. The molecule has 0 N–H and O–H groups in total. The summed E-state index contributed by atoms with van der Waals surface area (Å²) in [6.07, 6.45) is 4.21. The molecule has 6 rings (SSSR count). The van der Waals surface area contributed by atoms with E-state index in [0.717, 1.165) is 46.9 Å². The van der Waals surface area contributed by atoms with E-state index in [1.807, 2.05) is 59.4 Å². The predicted octanol–water partition coefficient (Wildman–Crippen LogP) is 4.45. The number of hydrogen-bond donors (Lipinski definition) is 0. The molecule has 37 heavy (non-hydrogen) atoms. The van der Waals surface area contributed by atoms with Crippen molar-refractivity contribution in [1.82, 2.24) is 19.7 Å². The second-order valence-corrected chi connectivity index (χ2v) is 9.45. The van der Waals surface area contributed by atoms with E-state index >= 15 is 0 Å². The molecular formula is C29H29N5O3. The zero-order chi connectivity index (χ0) is 25.2. The van der Waals surface area contributed by atoms with E-state index in [2.05, 4.69) is 30.0 Å². The minimum atomic E-state index is -0.304. The van der Waals surface area contributed by atoms with Crippen LogP contribution in [0.3, 0.4) is 0 Å². The highest BCUT2D eigenvalue weighted by molar-refractivity contribution is 6.01. The third-order valence-corrected chi connectivity index (χ3v) is 6.85. The van der Waals surface area contributed by atoms with Crippen molar-refractivity contribution in [3.63, 3.8) is 0 Å². The second kappa shape index (κ2) is 10.2. The molecule has 1 atom stereocenters. The third-order valence-electron chi connectivity index (χ3n) is 6.85. The van der Waals surface area contributed by atoms with Gasteiger partial charge >= 0.3 is 0 Å². The highest BCUT2D eigenvalue weighted by atomic mass is 16.5. The van der Waals surface area contributed by atoms with Crippen molar-refractivity contribution in [3.05, 3.63) is 96.1 Å². The first kappa shape index (κ1) is 23.4. The van der Waals surface area contributed by atoms with Gasteiger partial charge in [0.1, 0.15) is 11.5 Å². The monoisotopic (exact) mass is 495 g/mol. The van der Waals surface area contributed by atoms with Gasteiger partial charge in [0.05, 0.1) is 43.4 Å². The minimum Gasteiger partial charge on any atom is -0.463 e. The largest absolute Gasteiger partial charge is 0.463 e.